The zero-order valence-corrected chi connectivity index (χ0v) is 13.3. The fourth-order valence-electron chi connectivity index (χ4n) is 2.78. The molecule has 2 aromatic rings. The molecule has 1 aliphatic rings. The molecule has 1 amide bonds. The van der Waals surface area contributed by atoms with Gasteiger partial charge >= 0.3 is 0 Å². The maximum absolute atomic E-state index is 13.0. The first-order chi connectivity index (χ1) is 11.5. The molecule has 0 unspecified atom stereocenters. The third kappa shape index (κ3) is 3.05. The van der Waals surface area contributed by atoms with Gasteiger partial charge in [-0.3, -0.25) is 19.9 Å². The number of hydrogen-bond acceptors (Lipinski definition) is 5. The Balaban J connectivity index is 1.96. The van der Waals surface area contributed by atoms with Gasteiger partial charge in [0.05, 0.1) is 16.5 Å². The first-order valence-corrected chi connectivity index (χ1v) is 7.75. The van der Waals surface area contributed by atoms with Gasteiger partial charge in [0.1, 0.15) is 0 Å². The molecular weight excluding hydrogens is 308 g/mol. The van der Waals surface area contributed by atoms with E-state index in [0.29, 0.717) is 0 Å². The second-order valence-corrected chi connectivity index (χ2v) is 5.93. The van der Waals surface area contributed by atoms with Crippen molar-refractivity contribution < 1.29 is 9.72 Å². The van der Waals surface area contributed by atoms with Crippen molar-refractivity contribution in [2.75, 3.05) is 5.73 Å². The van der Waals surface area contributed by atoms with Crippen LogP contribution < -0.4 is 5.73 Å². The number of rotatable bonds is 5. The first-order valence-electron chi connectivity index (χ1n) is 7.75. The molecule has 0 saturated heterocycles. The number of nitrogens with two attached hydrogens (primary N) is 1. The Morgan fingerprint density at radius 3 is 2.75 bits per heavy atom. The summed E-state index contributed by atoms with van der Waals surface area (Å²) in [6.45, 7) is 1.93. The normalized spacial score (nSPS) is 14.9. The molecule has 2 N–H and O–H groups in total. The smallest absolute Gasteiger partial charge is 0.270 e. The zero-order chi connectivity index (χ0) is 17.3. The quantitative estimate of drug-likeness (QED) is 0.517. The number of aromatic nitrogens is 1. The minimum Gasteiger partial charge on any atom is -0.398 e. The third-order valence-corrected chi connectivity index (χ3v) is 4.24. The number of pyridine rings is 1. The van der Waals surface area contributed by atoms with Crippen molar-refractivity contribution in [3.05, 3.63) is 64.0 Å². The number of non-ortho nitro benzene ring substituents is 1. The van der Waals surface area contributed by atoms with Gasteiger partial charge in [-0.05, 0) is 37.5 Å². The number of carbonyl (C=O) groups is 1. The van der Waals surface area contributed by atoms with Crippen molar-refractivity contribution in [3.63, 3.8) is 0 Å². The van der Waals surface area contributed by atoms with Crippen LogP contribution in [0, 0.1) is 10.1 Å². The van der Waals surface area contributed by atoms with Crippen LogP contribution in [-0.2, 0) is 0 Å². The van der Waals surface area contributed by atoms with Gasteiger partial charge in [-0.1, -0.05) is 6.07 Å². The monoisotopic (exact) mass is 326 g/mol. The minimum atomic E-state index is -0.526. The Morgan fingerprint density at radius 2 is 2.17 bits per heavy atom. The summed E-state index contributed by atoms with van der Waals surface area (Å²) < 4.78 is 0. The van der Waals surface area contributed by atoms with Crippen LogP contribution in [0.25, 0.3) is 0 Å². The first kappa shape index (κ1) is 15.9. The van der Waals surface area contributed by atoms with E-state index in [2.05, 4.69) is 4.98 Å². The van der Waals surface area contributed by atoms with Gasteiger partial charge in [-0.2, -0.15) is 0 Å². The largest absolute Gasteiger partial charge is 0.398 e. The van der Waals surface area contributed by atoms with Crippen LogP contribution in [0.5, 0.6) is 0 Å². The Kier molecular flexibility index (Phi) is 4.16. The molecule has 3 rings (SSSR count). The summed E-state index contributed by atoms with van der Waals surface area (Å²) in [7, 11) is 0. The number of nitro groups is 1. The number of benzene rings is 1. The molecule has 7 heteroatoms. The van der Waals surface area contributed by atoms with Gasteiger partial charge < -0.3 is 10.6 Å². The lowest BCUT2D eigenvalue weighted by Crippen LogP contribution is -2.36. The summed E-state index contributed by atoms with van der Waals surface area (Å²) in [6, 6.07) is 7.65. The molecule has 1 aliphatic carbocycles. The van der Waals surface area contributed by atoms with E-state index in [1.807, 2.05) is 19.1 Å². The van der Waals surface area contributed by atoms with Crippen LogP contribution >= 0.6 is 0 Å². The van der Waals surface area contributed by atoms with Crippen molar-refractivity contribution >= 4 is 17.3 Å². The van der Waals surface area contributed by atoms with Gasteiger partial charge in [-0.25, -0.2) is 0 Å². The molecule has 1 fully saturated rings. The summed E-state index contributed by atoms with van der Waals surface area (Å²) in [5.41, 5.74) is 7.10. The standard InChI is InChI=1S/C17H18N4O3/c1-11(12-3-2-8-19-10-12)20(13-4-5-13)17(22)15-9-14(21(23)24)6-7-16(15)18/h2-3,6-11,13H,4-5,18H2,1H3/t11-/m1/s1. The van der Waals surface area contributed by atoms with Gasteiger partial charge in [0.2, 0.25) is 0 Å². The summed E-state index contributed by atoms with van der Waals surface area (Å²) in [4.78, 5) is 29.4. The lowest BCUT2D eigenvalue weighted by molar-refractivity contribution is -0.384. The Labute approximate surface area is 139 Å². The van der Waals surface area contributed by atoms with E-state index in [1.54, 1.807) is 17.3 Å². The fourth-order valence-corrected chi connectivity index (χ4v) is 2.78. The van der Waals surface area contributed by atoms with Gasteiger partial charge in [0.25, 0.3) is 11.6 Å². The molecule has 1 aromatic heterocycles. The average Bonchev–Trinajstić information content (AvgIpc) is 3.40. The molecule has 0 radical (unpaired) electrons. The number of anilines is 1. The predicted octanol–water partition coefficient (Wildman–Crippen LogP) is 2.94. The number of amides is 1. The van der Waals surface area contributed by atoms with E-state index in [9.17, 15) is 14.9 Å². The summed E-state index contributed by atoms with van der Waals surface area (Å²) in [5.74, 6) is -0.282. The van der Waals surface area contributed by atoms with Crippen LogP contribution in [0.1, 0.15) is 41.7 Å². The van der Waals surface area contributed by atoms with Crippen LogP contribution in [0.4, 0.5) is 11.4 Å². The SMILES string of the molecule is C[C@H](c1cccnc1)N(C(=O)c1cc([N+](=O)[O-])ccc1N)C1CC1. The molecule has 0 bridgehead atoms. The highest BCUT2D eigenvalue weighted by atomic mass is 16.6. The number of nitrogen functional groups attached to an aromatic ring is 1. The minimum absolute atomic E-state index is 0.131. The Morgan fingerprint density at radius 1 is 1.42 bits per heavy atom. The number of nitro benzene ring substituents is 1. The number of nitrogens with zero attached hydrogens (tertiary/aromatic N) is 3. The van der Waals surface area contributed by atoms with E-state index in [-0.39, 0.29) is 34.9 Å². The van der Waals surface area contributed by atoms with Gasteiger partial charge in [0, 0.05) is 36.3 Å². The lowest BCUT2D eigenvalue weighted by Gasteiger charge is -2.30. The summed E-state index contributed by atoms with van der Waals surface area (Å²) >= 11 is 0. The van der Waals surface area contributed by atoms with Crippen molar-refractivity contribution in [1.29, 1.82) is 0 Å². The zero-order valence-electron chi connectivity index (χ0n) is 13.3. The number of hydrogen-bond donors (Lipinski definition) is 1. The molecule has 1 aromatic carbocycles. The highest BCUT2D eigenvalue weighted by Crippen LogP contribution is 2.36. The van der Waals surface area contributed by atoms with Crippen molar-refractivity contribution in [3.8, 4) is 0 Å². The van der Waals surface area contributed by atoms with Crippen LogP contribution in [0.15, 0.2) is 42.7 Å². The second kappa shape index (κ2) is 6.27. The molecule has 24 heavy (non-hydrogen) atoms. The summed E-state index contributed by atoms with van der Waals surface area (Å²) in [6.07, 6.45) is 5.25. The van der Waals surface area contributed by atoms with Gasteiger partial charge in [0.15, 0.2) is 0 Å². The molecule has 1 heterocycles. The second-order valence-electron chi connectivity index (χ2n) is 5.93. The maximum atomic E-state index is 13.0. The molecular formula is C17H18N4O3. The molecule has 0 aliphatic heterocycles. The van der Waals surface area contributed by atoms with Crippen LogP contribution in [0.2, 0.25) is 0 Å². The number of carbonyl (C=O) groups excluding carboxylic acids is 1. The molecule has 124 valence electrons. The van der Waals surface area contributed by atoms with E-state index >= 15 is 0 Å². The van der Waals surface area contributed by atoms with E-state index in [4.69, 9.17) is 5.73 Å². The van der Waals surface area contributed by atoms with Crippen molar-refractivity contribution in [2.45, 2.75) is 31.8 Å². The van der Waals surface area contributed by atoms with E-state index in [1.165, 1.54) is 18.2 Å². The van der Waals surface area contributed by atoms with E-state index < -0.39 is 4.92 Å². The third-order valence-electron chi connectivity index (χ3n) is 4.24. The van der Waals surface area contributed by atoms with Crippen molar-refractivity contribution in [2.24, 2.45) is 0 Å². The topological polar surface area (TPSA) is 102 Å². The fraction of sp³-hybridized carbons (Fsp3) is 0.294. The Hall–Kier alpha value is -2.96. The lowest BCUT2D eigenvalue weighted by atomic mass is 10.1. The molecule has 0 spiro atoms. The highest BCUT2D eigenvalue weighted by molar-refractivity contribution is 6.00. The van der Waals surface area contributed by atoms with Crippen LogP contribution in [0.3, 0.4) is 0 Å². The van der Waals surface area contributed by atoms with E-state index in [0.717, 1.165) is 18.4 Å². The van der Waals surface area contributed by atoms with Gasteiger partial charge in [-0.15, -0.1) is 0 Å². The molecule has 1 saturated carbocycles. The Bertz CT molecular complexity index is 775. The van der Waals surface area contributed by atoms with Crippen molar-refractivity contribution in [1.82, 2.24) is 9.88 Å². The summed E-state index contributed by atoms with van der Waals surface area (Å²) in [5, 5.41) is 11.0. The van der Waals surface area contributed by atoms with Crippen LogP contribution in [-0.4, -0.2) is 26.8 Å². The highest BCUT2D eigenvalue weighted by Gasteiger charge is 2.37. The predicted molar refractivity (Wildman–Crippen MR) is 89.4 cm³/mol. The maximum Gasteiger partial charge on any atom is 0.270 e. The average molecular weight is 326 g/mol. The molecule has 1 atom stereocenters. The molecule has 7 nitrogen and oxygen atoms in total.